The Bertz CT molecular complexity index is 371. The summed E-state index contributed by atoms with van der Waals surface area (Å²) < 4.78 is 0. The number of hydrogen-bond acceptors (Lipinski definition) is 2. The molecule has 0 aliphatic heterocycles. The van der Waals surface area contributed by atoms with E-state index in [9.17, 15) is 0 Å². The lowest BCUT2D eigenvalue weighted by Gasteiger charge is -2.26. The topological polar surface area (TPSA) is 29.3 Å². The maximum atomic E-state index is 5.67. The molecule has 0 spiro atoms. The Balaban J connectivity index is 2.07. The molecule has 17 heavy (non-hydrogen) atoms. The quantitative estimate of drug-likeness (QED) is 0.844. The summed E-state index contributed by atoms with van der Waals surface area (Å²) >= 11 is 0. The van der Waals surface area contributed by atoms with Gasteiger partial charge in [-0.05, 0) is 49.8 Å². The number of benzene rings is 1. The van der Waals surface area contributed by atoms with Crippen LogP contribution in [0, 0.1) is 0 Å². The van der Waals surface area contributed by atoms with E-state index in [2.05, 4.69) is 36.9 Å². The van der Waals surface area contributed by atoms with Crippen LogP contribution in [0.15, 0.2) is 18.2 Å². The third-order valence-corrected chi connectivity index (χ3v) is 3.70. The second kappa shape index (κ2) is 5.65. The smallest absolute Gasteiger partial charge is 0.0237 e. The molecule has 2 nitrogen and oxygen atoms in total. The van der Waals surface area contributed by atoms with E-state index in [0.29, 0.717) is 6.04 Å². The first-order chi connectivity index (χ1) is 8.20. The zero-order chi connectivity index (χ0) is 12.3. The third kappa shape index (κ3) is 3.08. The Morgan fingerprint density at radius 3 is 2.71 bits per heavy atom. The summed E-state index contributed by atoms with van der Waals surface area (Å²) in [7, 11) is 0. The lowest BCUT2D eigenvalue weighted by atomic mass is 10.1. The van der Waals surface area contributed by atoms with Crippen molar-refractivity contribution in [3.05, 3.63) is 34.9 Å². The van der Waals surface area contributed by atoms with E-state index >= 15 is 0 Å². The van der Waals surface area contributed by atoms with Gasteiger partial charge in [0, 0.05) is 25.7 Å². The molecular formula is C15H24N2. The normalized spacial score (nSPS) is 14.6. The summed E-state index contributed by atoms with van der Waals surface area (Å²) in [6, 6.07) is 7.56. The first kappa shape index (κ1) is 12.6. The fourth-order valence-electron chi connectivity index (χ4n) is 2.64. The van der Waals surface area contributed by atoms with Crippen molar-refractivity contribution in [3.8, 4) is 0 Å². The molecule has 1 aliphatic carbocycles. The second-order valence-electron chi connectivity index (χ2n) is 5.31. The highest BCUT2D eigenvalue weighted by atomic mass is 15.1. The van der Waals surface area contributed by atoms with Gasteiger partial charge in [-0.2, -0.15) is 0 Å². The summed E-state index contributed by atoms with van der Waals surface area (Å²) in [6.45, 7) is 7.23. The predicted octanol–water partition coefficient (Wildman–Crippen LogP) is 2.34. The zero-order valence-electron chi connectivity index (χ0n) is 11.1. The van der Waals surface area contributed by atoms with Crippen molar-refractivity contribution in [2.45, 2.75) is 45.7 Å². The van der Waals surface area contributed by atoms with E-state index < -0.39 is 0 Å². The van der Waals surface area contributed by atoms with Crippen molar-refractivity contribution in [2.24, 2.45) is 5.73 Å². The Labute approximate surface area is 105 Å². The zero-order valence-corrected chi connectivity index (χ0v) is 11.1. The van der Waals surface area contributed by atoms with Crippen molar-refractivity contribution in [1.82, 2.24) is 4.90 Å². The van der Waals surface area contributed by atoms with Gasteiger partial charge >= 0.3 is 0 Å². The minimum Gasteiger partial charge on any atom is -0.329 e. The predicted molar refractivity (Wildman–Crippen MR) is 73.1 cm³/mol. The van der Waals surface area contributed by atoms with E-state index in [1.54, 1.807) is 11.1 Å². The number of hydrogen-bond donors (Lipinski definition) is 1. The van der Waals surface area contributed by atoms with Crippen LogP contribution in [-0.4, -0.2) is 24.0 Å². The van der Waals surface area contributed by atoms with Gasteiger partial charge in [0.25, 0.3) is 0 Å². The van der Waals surface area contributed by atoms with Crippen LogP contribution >= 0.6 is 0 Å². The van der Waals surface area contributed by atoms with Crippen LogP contribution < -0.4 is 5.73 Å². The number of rotatable bonds is 5. The highest BCUT2D eigenvalue weighted by Gasteiger charge is 2.13. The first-order valence-corrected chi connectivity index (χ1v) is 6.75. The molecule has 2 N–H and O–H groups in total. The number of aryl methyl sites for hydroxylation is 2. The van der Waals surface area contributed by atoms with Crippen LogP contribution in [0.5, 0.6) is 0 Å². The Hall–Kier alpha value is -0.860. The summed E-state index contributed by atoms with van der Waals surface area (Å²) in [4.78, 5) is 2.44. The summed E-state index contributed by atoms with van der Waals surface area (Å²) in [5.74, 6) is 0. The molecule has 0 unspecified atom stereocenters. The largest absolute Gasteiger partial charge is 0.329 e. The summed E-state index contributed by atoms with van der Waals surface area (Å²) in [5, 5.41) is 0. The average molecular weight is 232 g/mol. The molecule has 0 aromatic heterocycles. The highest BCUT2D eigenvalue weighted by Crippen LogP contribution is 2.23. The molecular weight excluding hydrogens is 208 g/mol. The lowest BCUT2D eigenvalue weighted by Crippen LogP contribution is -2.34. The van der Waals surface area contributed by atoms with E-state index in [1.165, 1.54) is 24.8 Å². The average Bonchev–Trinajstić information content (AvgIpc) is 2.75. The van der Waals surface area contributed by atoms with Crippen LogP contribution in [0.25, 0.3) is 0 Å². The minimum atomic E-state index is 0.562. The monoisotopic (exact) mass is 232 g/mol. The Morgan fingerprint density at radius 2 is 2.00 bits per heavy atom. The van der Waals surface area contributed by atoms with Crippen molar-refractivity contribution < 1.29 is 0 Å². The molecule has 2 heteroatoms. The van der Waals surface area contributed by atoms with Gasteiger partial charge in [0.2, 0.25) is 0 Å². The van der Waals surface area contributed by atoms with E-state index in [-0.39, 0.29) is 0 Å². The molecule has 94 valence electrons. The maximum absolute atomic E-state index is 5.67. The molecule has 0 radical (unpaired) electrons. The molecule has 1 aromatic carbocycles. The SMILES string of the molecule is CC(C)N(CCN)Cc1ccc2c(c1)CCC2. The number of nitrogens with zero attached hydrogens (tertiary/aromatic N) is 1. The van der Waals surface area contributed by atoms with Crippen LogP contribution in [0.2, 0.25) is 0 Å². The van der Waals surface area contributed by atoms with E-state index in [1.807, 2.05) is 0 Å². The molecule has 0 atom stereocenters. The molecule has 1 aromatic rings. The van der Waals surface area contributed by atoms with Crippen LogP contribution in [0.3, 0.4) is 0 Å². The summed E-state index contributed by atoms with van der Waals surface area (Å²) in [6.07, 6.45) is 3.86. The molecule has 0 fully saturated rings. The Morgan fingerprint density at radius 1 is 1.24 bits per heavy atom. The molecule has 0 amide bonds. The molecule has 1 aliphatic rings. The van der Waals surface area contributed by atoms with Crippen LogP contribution in [-0.2, 0) is 19.4 Å². The Kier molecular flexibility index (Phi) is 4.19. The van der Waals surface area contributed by atoms with Gasteiger partial charge in [0.15, 0.2) is 0 Å². The molecule has 0 heterocycles. The molecule has 0 saturated carbocycles. The van der Waals surface area contributed by atoms with Crippen molar-refractivity contribution in [3.63, 3.8) is 0 Å². The summed E-state index contributed by atoms with van der Waals surface area (Å²) in [5.41, 5.74) is 10.2. The molecule has 0 bridgehead atoms. The third-order valence-electron chi connectivity index (χ3n) is 3.70. The van der Waals surface area contributed by atoms with Crippen molar-refractivity contribution in [1.29, 1.82) is 0 Å². The van der Waals surface area contributed by atoms with E-state index in [0.717, 1.165) is 19.6 Å². The van der Waals surface area contributed by atoms with Gasteiger partial charge in [0.05, 0.1) is 0 Å². The standard InChI is InChI=1S/C15H24N2/c1-12(2)17(9-8-16)11-13-6-7-14-4-3-5-15(14)10-13/h6-7,10,12H,3-5,8-9,11,16H2,1-2H3. The first-order valence-electron chi connectivity index (χ1n) is 6.75. The van der Waals surface area contributed by atoms with Crippen molar-refractivity contribution >= 4 is 0 Å². The minimum absolute atomic E-state index is 0.562. The molecule has 2 rings (SSSR count). The van der Waals surface area contributed by atoms with E-state index in [4.69, 9.17) is 5.73 Å². The maximum Gasteiger partial charge on any atom is 0.0237 e. The van der Waals surface area contributed by atoms with Gasteiger partial charge in [-0.1, -0.05) is 18.2 Å². The van der Waals surface area contributed by atoms with Crippen molar-refractivity contribution in [2.75, 3.05) is 13.1 Å². The van der Waals surface area contributed by atoms with Gasteiger partial charge in [-0.25, -0.2) is 0 Å². The molecule has 0 saturated heterocycles. The van der Waals surface area contributed by atoms with Gasteiger partial charge < -0.3 is 5.73 Å². The fraction of sp³-hybridized carbons (Fsp3) is 0.600. The number of fused-ring (bicyclic) bond motifs is 1. The van der Waals surface area contributed by atoms with Gasteiger partial charge in [-0.15, -0.1) is 0 Å². The van der Waals surface area contributed by atoms with Gasteiger partial charge in [0.1, 0.15) is 0 Å². The highest BCUT2D eigenvalue weighted by molar-refractivity contribution is 5.35. The second-order valence-corrected chi connectivity index (χ2v) is 5.31. The lowest BCUT2D eigenvalue weighted by molar-refractivity contribution is 0.219. The van der Waals surface area contributed by atoms with Crippen LogP contribution in [0.4, 0.5) is 0 Å². The fourth-order valence-corrected chi connectivity index (χ4v) is 2.64. The number of nitrogens with two attached hydrogens (primary N) is 1. The van der Waals surface area contributed by atoms with Gasteiger partial charge in [-0.3, -0.25) is 4.90 Å². The van der Waals surface area contributed by atoms with Crippen LogP contribution in [0.1, 0.15) is 37.0 Å².